The van der Waals surface area contributed by atoms with Crippen molar-refractivity contribution >= 4 is 23.3 Å². The van der Waals surface area contributed by atoms with E-state index in [1.165, 1.54) is 12.1 Å². The number of rotatable bonds is 4. The molecule has 1 saturated heterocycles. The van der Waals surface area contributed by atoms with E-state index in [9.17, 15) is 22.8 Å². The predicted molar refractivity (Wildman–Crippen MR) is 97.5 cm³/mol. The lowest BCUT2D eigenvalue weighted by Crippen LogP contribution is -2.40. The zero-order valence-electron chi connectivity index (χ0n) is 14.7. The van der Waals surface area contributed by atoms with Gasteiger partial charge in [-0.1, -0.05) is 11.6 Å². The molecule has 1 amide bonds. The van der Waals surface area contributed by atoms with Gasteiger partial charge in [0.25, 0.3) is 5.91 Å². The molecule has 1 fully saturated rings. The molecule has 0 radical (unpaired) electrons. The van der Waals surface area contributed by atoms with Crippen LogP contribution in [0.4, 0.5) is 13.2 Å². The number of likely N-dealkylation sites (tertiary alicyclic amines) is 1. The van der Waals surface area contributed by atoms with Crippen molar-refractivity contribution in [2.45, 2.75) is 19.2 Å². The topological polar surface area (TPSA) is 46.6 Å². The SMILES string of the molecule is O=C(c1ccc(Cl)cc1)C1CCN(C(=O)c2ccc(OC(F)(F)F)cc2)CC1. The number of nitrogens with zero attached hydrogens (tertiary/aromatic N) is 1. The van der Waals surface area contributed by atoms with Crippen molar-refractivity contribution in [3.63, 3.8) is 0 Å². The van der Waals surface area contributed by atoms with Crippen molar-refractivity contribution in [1.29, 1.82) is 0 Å². The number of hydrogen-bond acceptors (Lipinski definition) is 3. The first-order valence-electron chi connectivity index (χ1n) is 8.68. The van der Waals surface area contributed by atoms with Crippen LogP contribution in [0.1, 0.15) is 33.6 Å². The highest BCUT2D eigenvalue weighted by atomic mass is 35.5. The summed E-state index contributed by atoms with van der Waals surface area (Å²) in [5.41, 5.74) is 0.867. The van der Waals surface area contributed by atoms with Crippen LogP contribution in [-0.4, -0.2) is 36.0 Å². The number of hydrogen-bond donors (Lipinski definition) is 0. The highest BCUT2D eigenvalue weighted by Gasteiger charge is 2.31. The van der Waals surface area contributed by atoms with Crippen molar-refractivity contribution in [1.82, 2.24) is 4.90 Å². The quantitative estimate of drug-likeness (QED) is 0.667. The Balaban J connectivity index is 1.57. The Labute approximate surface area is 164 Å². The number of ketones is 1. The zero-order chi connectivity index (χ0) is 20.3. The fourth-order valence-electron chi connectivity index (χ4n) is 3.18. The number of benzene rings is 2. The lowest BCUT2D eigenvalue weighted by atomic mass is 9.88. The summed E-state index contributed by atoms with van der Waals surface area (Å²) in [6.07, 6.45) is -3.71. The monoisotopic (exact) mass is 411 g/mol. The van der Waals surface area contributed by atoms with E-state index in [0.29, 0.717) is 36.5 Å². The van der Waals surface area contributed by atoms with Gasteiger partial charge < -0.3 is 9.64 Å². The minimum absolute atomic E-state index is 0.0254. The molecule has 28 heavy (non-hydrogen) atoms. The number of halogens is 4. The molecule has 3 rings (SSSR count). The van der Waals surface area contributed by atoms with Crippen molar-refractivity contribution < 1.29 is 27.5 Å². The maximum Gasteiger partial charge on any atom is 0.573 e. The fraction of sp³-hybridized carbons (Fsp3) is 0.300. The Morgan fingerprint density at radius 3 is 2.00 bits per heavy atom. The van der Waals surface area contributed by atoms with Crippen molar-refractivity contribution in [3.8, 4) is 5.75 Å². The summed E-state index contributed by atoms with van der Waals surface area (Å²) in [5.74, 6) is -0.808. The molecule has 1 aliphatic rings. The first-order chi connectivity index (χ1) is 13.2. The fourth-order valence-corrected chi connectivity index (χ4v) is 3.30. The molecule has 0 spiro atoms. The molecule has 0 N–H and O–H groups in total. The van der Waals surface area contributed by atoms with E-state index < -0.39 is 6.36 Å². The zero-order valence-corrected chi connectivity index (χ0v) is 15.5. The predicted octanol–water partition coefficient (Wildman–Crippen LogP) is 4.97. The van der Waals surface area contributed by atoms with Gasteiger partial charge in [-0.15, -0.1) is 13.2 Å². The molecule has 0 aliphatic carbocycles. The highest BCUT2D eigenvalue weighted by molar-refractivity contribution is 6.30. The summed E-state index contributed by atoms with van der Waals surface area (Å²) in [4.78, 5) is 26.7. The van der Waals surface area contributed by atoms with Crippen LogP contribution in [0.3, 0.4) is 0 Å². The van der Waals surface area contributed by atoms with Gasteiger partial charge in [0.1, 0.15) is 5.75 Å². The largest absolute Gasteiger partial charge is 0.573 e. The first-order valence-corrected chi connectivity index (χ1v) is 9.05. The maximum atomic E-state index is 12.6. The lowest BCUT2D eigenvalue weighted by molar-refractivity contribution is -0.274. The number of ether oxygens (including phenoxy) is 1. The third kappa shape index (κ3) is 5.04. The summed E-state index contributed by atoms with van der Waals surface area (Å²) in [6, 6.07) is 11.5. The normalized spacial score (nSPS) is 15.4. The number of carbonyl (C=O) groups excluding carboxylic acids is 2. The third-order valence-corrected chi connectivity index (χ3v) is 4.87. The molecule has 1 aliphatic heterocycles. The average Bonchev–Trinajstić information content (AvgIpc) is 2.67. The van der Waals surface area contributed by atoms with Crippen LogP contribution in [0, 0.1) is 5.92 Å². The second kappa shape index (κ2) is 8.22. The van der Waals surface area contributed by atoms with Gasteiger partial charge in [-0.05, 0) is 61.4 Å². The summed E-state index contributed by atoms with van der Waals surface area (Å²) in [7, 11) is 0. The Kier molecular flexibility index (Phi) is 5.93. The molecule has 0 atom stereocenters. The van der Waals surface area contributed by atoms with Gasteiger partial charge in [0, 0.05) is 35.2 Å². The minimum Gasteiger partial charge on any atom is -0.406 e. The number of Topliss-reactive ketones (excluding diaryl/α,β-unsaturated/α-hetero) is 1. The van der Waals surface area contributed by atoms with Crippen LogP contribution >= 0.6 is 11.6 Å². The molecule has 0 aromatic heterocycles. The summed E-state index contributed by atoms with van der Waals surface area (Å²) >= 11 is 5.84. The molecular formula is C20H17ClF3NO3. The van der Waals surface area contributed by atoms with E-state index in [2.05, 4.69) is 4.74 Å². The molecule has 0 unspecified atom stereocenters. The van der Waals surface area contributed by atoms with E-state index >= 15 is 0 Å². The van der Waals surface area contributed by atoms with Gasteiger partial charge in [0.05, 0.1) is 0 Å². The maximum absolute atomic E-state index is 12.6. The van der Waals surface area contributed by atoms with Gasteiger partial charge >= 0.3 is 6.36 Å². The van der Waals surface area contributed by atoms with Crippen LogP contribution in [0.2, 0.25) is 5.02 Å². The van der Waals surface area contributed by atoms with Crippen molar-refractivity contribution in [2.75, 3.05) is 13.1 Å². The van der Waals surface area contributed by atoms with Gasteiger partial charge in [0.15, 0.2) is 5.78 Å². The second-order valence-electron chi connectivity index (χ2n) is 6.51. The Hall–Kier alpha value is -2.54. The number of piperidine rings is 1. The van der Waals surface area contributed by atoms with Crippen LogP contribution in [0.15, 0.2) is 48.5 Å². The van der Waals surface area contributed by atoms with Crippen molar-refractivity contribution in [3.05, 3.63) is 64.7 Å². The van der Waals surface area contributed by atoms with Crippen LogP contribution < -0.4 is 4.74 Å². The van der Waals surface area contributed by atoms with E-state index in [1.54, 1.807) is 29.2 Å². The smallest absolute Gasteiger partial charge is 0.406 e. The number of amides is 1. The molecule has 4 nitrogen and oxygen atoms in total. The van der Waals surface area contributed by atoms with Gasteiger partial charge in [-0.2, -0.15) is 0 Å². The molecule has 1 heterocycles. The van der Waals surface area contributed by atoms with Crippen LogP contribution in [-0.2, 0) is 0 Å². The minimum atomic E-state index is -4.77. The molecule has 0 bridgehead atoms. The van der Waals surface area contributed by atoms with Gasteiger partial charge in [-0.3, -0.25) is 9.59 Å². The lowest BCUT2D eigenvalue weighted by Gasteiger charge is -2.31. The molecular weight excluding hydrogens is 395 g/mol. The molecule has 0 saturated carbocycles. The third-order valence-electron chi connectivity index (χ3n) is 4.62. The van der Waals surface area contributed by atoms with Crippen molar-refractivity contribution in [2.24, 2.45) is 5.92 Å². The summed E-state index contributed by atoms with van der Waals surface area (Å²) < 4.78 is 40.4. The Bertz CT molecular complexity index is 842. The molecule has 2 aromatic rings. The number of alkyl halides is 3. The van der Waals surface area contributed by atoms with Crippen LogP contribution in [0.5, 0.6) is 5.75 Å². The average molecular weight is 412 g/mol. The van der Waals surface area contributed by atoms with Crippen LogP contribution in [0.25, 0.3) is 0 Å². The standard InChI is InChI=1S/C20H17ClF3NO3/c21-16-5-1-13(2-6-16)18(26)14-9-11-25(12-10-14)19(27)15-3-7-17(8-4-15)28-20(22,23)24/h1-8,14H,9-12H2. The van der Waals surface area contributed by atoms with Gasteiger partial charge in [-0.25, -0.2) is 0 Å². The van der Waals surface area contributed by atoms with E-state index in [0.717, 1.165) is 12.1 Å². The molecule has 148 valence electrons. The Morgan fingerprint density at radius 1 is 0.929 bits per heavy atom. The Morgan fingerprint density at radius 2 is 1.46 bits per heavy atom. The van der Waals surface area contributed by atoms with E-state index in [-0.39, 0.29) is 28.9 Å². The highest BCUT2D eigenvalue weighted by Crippen LogP contribution is 2.26. The van der Waals surface area contributed by atoms with Gasteiger partial charge in [0.2, 0.25) is 0 Å². The number of carbonyl (C=O) groups is 2. The molecule has 8 heteroatoms. The first kappa shape index (κ1) is 20.2. The van der Waals surface area contributed by atoms with E-state index in [1.807, 2.05) is 0 Å². The molecule has 2 aromatic carbocycles. The summed E-state index contributed by atoms with van der Waals surface area (Å²) in [6.45, 7) is 0.813. The summed E-state index contributed by atoms with van der Waals surface area (Å²) in [5, 5.41) is 0.559. The van der Waals surface area contributed by atoms with E-state index in [4.69, 9.17) is 11.6 Å². The second-order valence-corrected chi connectivity index (χ2v) is 6.95.